The molecule has 0 aliphatic rings. The van der Waals surface area contributed by atoms with Crippen LogP contribution in [0.3, 0.4) is 0 Å². The van der Waals surface area contributed by atoms with Crippen molar-refractivity contribution in [3.8, 4) is 34.2 Å². The van der Waals surface area contributed by atoms with Crippen LogP contribution in [0.1, 0.15) is 46.4 Å². The van der Waals surface area contributed by atoms with Crippen LogP contribution < -0.4 is 10.6 Å². The first-order chi connectivity index (χ1) is 20.4. The number of pyridine rings is 1. The van der Waals surface area contributed by atoms with Gasteiger partial charge in [0.05, 0.1) is 10.6 Å². The third-order valence-corrected chi connectivity index (χ3v) is 7.31. The van der Waals surface area contributed by atoms with Crippen molar-refractivity contribution in [1.82, 2.24) is 15.2 Å². The Hall–Kier alpha value is -5.28. The number of rotatable bonds is 8. The number of hydrogen-bond acceptors (Lipinski definition) is 7. The number of anilines is 1. The third-order valence-electron chi connectivity index (χ3n) is 6.44. The monoisotopic (exact) mass is 601 g/mol. The van der Waals surface area contributed by atoms with Crippen molar-refractivity contribution < 1.29 is 29.0 Å². The SMILES string of the molecule is CC(C)(C)N(CCNC(=O)c1cccc(-c2cc(-c3ccc(F)cc3O)nc(NC(=O)c3cccs3)c2C#N)c1)C(=O)O. The summed E-state index contributed by atoms with van der Waals surface area (Å²) in [6.07, 6.45) is -1.10. The summed E-state index contributed by atoms with van der Waals surface area (Å²) >= 11 is 1.20. The molecule has 4 N–H and O–H groups in total. The maximum absolute atomic E-state index is 13.7. The van der Waals surface area contributed by atoms with Crippen LogP contribution in [0.25, 0.3) is 22.4 Å². The molecule has 4 aromatic rings. The van der Waals surface area contributed by atoms with Crippen molar-refractivity contribution in [3.05, 3.63) is 87.9 Å². The van der Waals surface area contributed by atoms with Crippen molar-refractivity contribution in [2.75, 3.05) is 18.4 Å². The summed E-state index contributed by atoms with van der Waals surface area (Å²) in [5.74, 6) is -2.09. The van der Waals surface area contributed by atoms with Gasteiger partial charge in [0.1, 0.15) is 23.2 Å². The summed E-state index contributed by atoms with van der Waals surface area (Å²) in [6.45, 7) is 5.41. The molecule has 0 saturated carbocycles. The molecule has 0 radical (unpaired) electrons. The van der Waals surface area contributed by atoms with E-state index in [1.165, 1.54) is 28.4 Å². The lowest BCUT2D eigenvalue weighted by atomic mass is 9.96. The van der Waals surface area contributed by atoms with Crippen LogP contribution in [0.5, 0.6) is 5.75 Å². The largest absolute Gasteiger partial charge is 0.507 e. The summed E-state index contributed by atoms with van der Waals surface area (Å²) in [4.78, 5) is 43.6. The predicted octanol–water partition coefficient (Wildman–Crippen LogP) is 5.95. The van der Waals surface area contributed by atoms with E-state index in [-0.39, 0.29) is 41.3 Å². The molecule has 43 heavy (non-hydrogen) atoms. The van der Waals surface area contributed by atoms with Crippen molar-refractivity contribution in [3.63, 3.8) is 0 Å². The fourth-order valence-electron chi connectivity index (χ4n) is 4.34. The van der Waals surface area contributed by atoms with Gasteiger partial charge in [-0.25, -0.2) is 14.2 Å². The minimum absolute atomic E-state index is 0.00935. The number of carboxylic acid groups (broad SMARTS) is 1. The number of benzene rings is 2. The number of hydrogen-bond donors (Lipinski definition) is 4. The second-order valence-corrected chi connectivity index (χ2v) is 11.4. The Morgan fingerprint density at radius 2 is 1.81 bits per heavy atom. The Morgan fingerprint density at radius 1 is 1.05 bits per heavy atom. The molecule has 12 heteroatoms. The van der Waals surface area contributed by atoms with Gasteiger partial charge in [-0.1, -0.05) is 18.2 Å². The van der Waals surface area contributed by atoms with E-state index in [4.69, 9.17) is 0 Å². The van der Waals surface area contributed by atoms with Gasteiger partial charge in [0, 0.05) is 41.4 Å². The van der Waals surface area contributed by atoms with Crippen LogP contribution in [0.2, 0.25) is 0 Å². The predicted molar refractivity (Wildman–Crippen MR) is 161 cm³/mol. The van der Waals surface area contributed by atoms with Gasteiger partial charge in [0.15, 0.2) is 5.82 Å². The molecule has 0 spiro atoms. The number of thiophene rings is 1. The number of aromatic hydroxyl groups is 1. The van der Waals surface area contributed by atoms with Gasteiger partial charge in [-0.15, -0.1) is 11.3 Å². The number of carbonyl (C=O) groups is 3. The molecular weight excluding hydrogens is 573 g/mol. The molecular formula is C31H28FN5O5S. The molecule has 220 valence electrons. The number of halogens is 1. The van der Waals surface area contributed by atoms with Gasteiger partial charge in [-0.05, 0) is 68.1 Å². The molecule has 10 nitrogen and oxygen atoms in total. The lowest BCUT2D eigenvalue weighted by molar-refractivity contribution is 0.0892. The lowest BCUT2D eigenvalue weighted by Crippen LogP contribution is -2.48. The molecule has 0 saturated heterocycles. The minimum Gasteiger partial charge on any atom is -0.507 e. The third kappa shape index (κ3) is 7.14. The van der Waals surface area contributed by atoms with Crippen LogP contribution in [-0.4, -0.2) is 56.6 Å². The topological polar surface area (TPSA) is 156 Å². The van der Waals surface area contributed by atoms with E-state index in [1.54, 1.807) is 62.5 Å². The molecule has 0 aliphatic heterocycles. The standard InChI is InChI=1S/C31H28FN5O5S/c1-31(2,3)37(30(41)42)12-11-34-28(39)19-7-4-6-18(14-19)22-16-24(21-10-9-20(32)15-25(21)38)35-27(23(22)17-33)36-29(40)26-8-5-13-43-26/h4-10,13-16,38H,11-12H2,1-3H3,(H,34,39)(H,41,42)(H,35,36,40). The smallest absolute Gasteiger partial charge is 0.407 e. The second kappa shape index (κ2) is 12.7. The number of phenolic OH excluding ortho intramolecular Hbond substituents is 1. The molecule has 0 bridgehead atoms. The van der Waals surface area contributed by atoms with Crippen LogP contribution in [0, 0.1) is 17.1 Å². The summed E-state index contributed by atoms with van der Waals surface area (Å²) in [6, 6.07) is 16.7. The molecule has 0 fully saturated rings. The fourth-order valence-corrected chi connectivity index (χ4v) is 4.96. The van der Waals surface area contributed by atoms with E-state index in [9.17, 15) is 34.2 Å². The van der Waals surface area contributed by atoms with Crippen molar-refractivity contribution in [1.29, 1.82) is 5.26 Å². The van der Waals surface area contributed by atoms with Gasteiger partial charge in [0.2, 0.25) is 0 Å². The highest BCUT2D eigenvalue weighted by molar-refractivity contribution is 7.12. The average Bonchev–Trinajstić information content (AvgIpc) is 3.49. The van der Waals surface area contributed by atoms with E-state index in [0.717, 1.165) is 12.1 Å². The Balaban J connectivity index is 1.72. The number of carbonyl (C=O) groups excluding carboxylic acids is 2. The van der Waals surface area contributed by atoms with Gasteiger partial charge in [-0.2, -0.15) is 5.26 Å². The zero-order valence-corrected chi connectivity index (χ0v) is 24.3. The molecule has 2 heterocycles. The van der Waals surface area contributed by atoms with Crippen LogP contribution >= 0.6 is 11.3 Å². The average molecular weight is 602 g/mol. The highest BCUT2D eigenvalue weighted by atomic mass is 32.1. The number of phenols is 1. The highest BCUT2D eigenvalue weighted by Gasteiger charge is 2.26. The van der Waals surface area contributed by atoms with Crippen LogP contribution in [0.15, 0.2) is 66.0 Å². The number of nitrogens with zero attached hydrogens (tertiary/aromatic N) is 3. The Kier molecular flexibility index (Phi) is 9.06. The molecule has 0 aliphatic carbocycles. The van der Waals surface area contributed by atoms with Crippen molar-refractivity contribution >= 4 is 35.1 Å². The first kappa shape index (κ1) is 30.7. The van der Waals surface area contributed by atoms with E-state index >= 15 is 0 Å². The van der Waals surface area contributed by atoms with E-state index in [2.05, 4.69) is 21.7 Å². The summed E-state index contributed by atoms with van der Waals surface area (Å²) < 4.78 is 13.7. The Morgan fingerprint density at radius 3 is 2.44 bits per heavy atom. The fraction of sp³-hybridized carbons (Fsp3) is 0.194. The van der Waals surface area contributed by atoms with Gasteiger partial charge in [0.25, 0.3) is 11.8 Å². The zero-order chi connectivity index (χ0) is 31.3. The normalized spacial score (nSPS) is 11.0. The van der Waals surface area contributed by atoms with Gasteiger partial charge >= 0.3 is 6.09 Å². The molecule has 0 unspecified atom stereocenters. The maximum atomic E-state index is 13.7. The van der Waals surface area contributed by atoms with Gasteiger partial charge < -0.3 is 25.7 Å². The molecule has 2 aromatic carbocycles. The molecule has 2 aromatic heterocycles. The van der Waals surface area contributed by atoms with Crippen LogP contribution in [-0.2, 0) is 0 Å². The molecule has 3 amide bonds. The van der Waals surface area contributed by atoms with E-state index < -0.39 is 35.0 Å². The summed E-state index contributed by atoms with van der Waals surface area (Å²) in [7, 11) is 0. The second-order valence-electron chi connectivity index (χ2n) is 10.4. The van der Waals surface area contributed by atoms with Crippen LogP contribution in [0.4, 0.5) is 15.0 Å². The maximum Gasteiger partial charge on any atom is 0.407 e. The van der Waals surface area contributed by atoms with Crippen molar-refractivity contribution in [2.45, 2.75) is 26.3 Å². The van der Waals surface area contributed by atoms with E-state index in [1.807, 2.05) is 0 Å². The van der Waals surface area contributed by atoms with Crippen molar-refractivity contribution in [2.24, 2.45) is 0 Å². The minimum atomic E-state index is -1.10. The first-order valence-corrected chi connectivity index (χ1v) is 13.9. The zero-order valence-electron chi connectivity index (χ0n) is 23.5. The number of aromatic nitrogens is 1. The first-order valence-electron chi connectivity index (χ1n) is 13.1. The Bertz CT molecular complexity index is 1730. The lowest BCUT2D eigenvalue weighted by Gasteiger charge is -2.33. The highest BCUT2D eigenvalue weighted by Crippen LogP contribution is 2.36. The molecule has 0 atom stereocenters. The summed E-state index contributed by atoms with van der Waals surface area (Å²) in [5, 5.41) is 37.2. The number of nitrogens with one attached hydrogen (secondary N) is 2. The quantitative estimate of drug-likeness (QED) is 0.194. The number of nitriles is 1. The summed E-state index contributed by atoms with van der Waals surface area (Å²) in [5.41, 5.74) is 0.647. The molecule has 4 rings (SSSR count). The van der Waals surface area contributed by atoms with E-state index in [0.29, 0.717) is 16.0 Å². The number of amides is 3. The Labute approximate surface area is 251 Å². The van der Waals surface area contributed by atoms with Gasteiger partial charge in [-0.3, -0.25) is 9.59 Å².